The second-order valence-corrected chi connectivity index (χ2v) is 6.34. The molecule has 0 unspecified atom stereocenters. The molecule has 0 aliphatic rings. The highest BCUT2D eigenvalue weighted by molar-refractivity contribution is 6.36. The molecule has 3 aromatic rings. The van der Waals surface area contributed by atoms with Gasteiger partial charge >= 0.3 is 0 Å². The van der Waals surface area contributed by atoms with Crippen molar-refractivity contribution < 1.29 is 9.84 Å². The standard InChI is InChI=1S/C20H16Cl2N2O2/c21-16-10-15(20(25)19(22)11-16)12-23-24-17-6-8-18(9-7-17)26-13-14-4-2-1-3-5-14/h1-12,24-25H,13H2/b23-12+. The zero-order valence-corrected chi connectivity index (χ0v) is 15.2. The van der Waals surface area contributed by atoms with Crippen LogP contribution in [0.1, 0.15) is 11.1 Å². The van der Waals surface area contributed by atoms with Crippen LogP contribution in [-0.4, -0.2) is 11.3 Å². The minimum absolute atomic E-state index is 0.0636. The Kier molecular flexibility index (Phi) is 6.00. The molecule has 0 saturated carbocycles. The summed E-state index contributed by atoms with van der Waals surface area (Å²) >= 11 is 11.8. The summed E-state index contributed by atoms with van der Waals surface area (Å²) in [5.74, 6) is 0.703. The van der Waals surface area contributed by atoms with E-state index in [-0.39, 0.29) is 10.8 Å². The van der Waals surface area contributed by atoms with Gasteiger partial charge < -0.3 is 9.84 Å². The Bertz CT molecular complexity index is 898. The number of phenols is 1. The molecule has 132 valence electrons. The fourth-order valence-electron chi connectivity index (χ4n) is 2.23. The van der Waals surface area contributed by atoms with E-state index < -0.39 is 0 Å². The highest BCUT2D eigenvalue weighted by Gasteiger charge is 2.05. The fraction of sp³-hybridized carbons (Fsp3) is 0.0500. The second-order valence-electron chi connectivity index (χ2n) is 5.49. The number of aromatic hydroxyl groups is 1. The summed E-state index contributed by atoms with van der Waals surface area (Å²) in [6.45, 7) is 0.514. The highest BCUT2D eigenvalue weighted by atomic mass is 35.5. The Morgan fingerprint density at radius 2 is 1.73 bits per heavy atom. The molecular formula is C20H16Cl2N2O2. The molecule has 0 radical (unpaired) electrons. The molecule has 0 aliphatic heterocycles. The number of ether oxygens (including phenoxy) is 1. The van der Waals surface area contributed by atoms with Crippen LogP contribution < -0.4 is 10.2 Å². The molecule has 0 spiro atoms. The second kappa shape index (κ2) is 8.61. The van der Waals surface area contributed by atoms with Crippen LogP contribution in [-0.2, 0) is 6.61 Å². The van der Waals surface area contributed by atoms with Crippen molar-refractivity contribution in [2.45, 2.75) is 6.61 Å². The van der Waals surface area contributed by atoms with E-state index in [1.54, 1.807) is 6.07 Å². The van der Waals surface area contributed by atoms with E-state index in [0.29, 0.717) is 17.2 Å². The Balaban J connectivity index is 1.58. The van der Waals surface area contributed by atoms with Crippen molar-refractivity contribution in [3.8, 4) is 11.5 Å². The van der Waals surface area contributed by atoms with Crippen molar-refractivity contribution >= 4 is 35.1 Å². The third-order valence-corrected chi connectivity index (χ3v) is 4.06. The highest BCUT2D eigenvalue weighted by Crippen LogP contribution is 2.30. The minimum Gasteiger partial charge on any atom is -0.506 e. The largest absolute Gasteiger partial charge is 0.506 e. The number of nitrogens with one attached hydrogen (secondary N) is 1. The molecule has 0 bridgehead atoms. The summed E-state index contributed by atoms with van der Waals surface area (Å²) in [7, 11) is 0. The minimum atomic E-state index is -0.0636. The number of hydrogen-bond acceptors (Lipinski definition) is 4. The third kappa shape index (κ3) is 4.91. The van der Waals surface area contributed by atoms with Crippen LogP contribution in [0.3, 0.4) is 0 Å². The molecule has 4 nitrogen and oxygen atoms in total. The van der Waals surface area contributed by atoms with Crippen molar-refractivity contribution in [1.29, 1.82) is 0 Å². The number of rotatable bonds is 6. The van der Waals surface area contributed by atoms with Gasteiger partial charge in [-0.25, -0.2) is 0 Å². The molecule has 0 aromatic heterocycles. The van der Waals surface area contributed by atoms with Crippen LogP contribution >= 0.6 is 23.2 Å². The van der Waals surface area contributed by atoms with Gasteiger partial charge in [-0.1, -0.05) is 53.5 Å². The SMILES string of the molecule is Oc1c(Cl)cc(Cl)cc1/C=N/Nc1ccc(OCc2ccccc2)cc1. The number of phenolic OH excluding ortho intramolecular Hbond substituents is 1. The zero-order chi connectivity index (χ0) is 18.4. The number of hydrogen-bond donors (Lipinski definition) is 2. The van der Waals surface area contributed by atoms with Gasteiger partial charge in [-0.2, -0.15) is 5.10 Å². The normalized spacial score (nSPS) is 10.8. The summed E-state index contributed by atoms with van der Waals surface area (Å²) in [4.78, 5) is 0. The topological polar surface area (TPSA) is 53.9 Å². The van der Waals surface area contributed by atoms with Gasteiger partial charge in [0.25, 0.3) is 0 Å². The van der Waals surface area contributed by atoms with Gasteiger partial charge in [0.1, 0.15) is 18.1 Å². The van der Waals surface area contributed by atoms with Gasteiger partial charge in [0.05, 0.1) is 16.9 Å². The lowest BCUT2D eigenvalue weighted by molar-refractivity contribution is 0.306. The lowest BCUT2D eigenvalue weighted by atomic mass is 10.2. The van der Waals surface area contributed by atoms with Gasteiger partial charge in [-0.15, -0.1) is 0 Å². The van der Waals surface area contributed by atoms with E-state index in [9.17, 15) is 5.11 Å². The average Bonchev–Trinajstić information content (AvgIpc) is 2.66. The fourth-order valence-corrected chi connectivity index (χ4v) is 2.74. The van der Waals surface area contributed by atoms with Gasteiger partial charge in [0.2, 0.25) is 0 Å². The van der Waals surface area contributed by atoms with E-state index in [2.05, 4.69) is 10.5 Å². The lowest BCUT2D eigenvalue weighted by Gasteiger charge is -2.07. The maximum absolute atomic E-state index is 9.88. The van der Waals surface area contributed by atoms with Gasteiger partial charge in [-0.05, 0) is 42.0 Å². The van der Waals surface area contributed by atoms with Crippen LogP contribution in [0.5, 0.6) is 11.5 Å². The molecule has 0 heterocycles. The zero-order valence-electron chi connectivity index (χ0n) is 13.7. The average molecular weight is 387 g/mol. The Labute approximate surface area is 161 Å². The number of nitrogens with zero attached hydrogens (tertiary/aromatic N) is 1. The molecule has 0 saturated heterocycles. The van der Waals surface area contributed by atoms with Gasteiger partial charge in [0, 0.05) is 10.6 Å². The molecule has 6 heteroatoms. The lowest BCUT2D eigenvalue weighted by Crippen LogP contribution is -1.95. The summed E-state index contributed by atoms with van der Waals surface area (Å²) in [6, 6.07) is 20.4. The Morgan fingerprint density at radius 3 is 2.46 bits per heavy atom. The number of benzene rings is 3. The van der Waals surface area contributed by atoms with Crippen molar-refractivity contribution in [2.24, 2.45) is 5.10 Å². The summed E-state index contributed by atoms with van der Waals surface area (Å²) in [5, 5.41) is 14.6. The van der Waals surface area contributed by atoms with E-state index in [1.807, 2.05) is 54.6 Å². The van der Waals surface area contributed by atoms with Crippen molar-refractivity contribution in [3.63, 3.8) is 0 Å². The monoisotopic (exact) mass is 386 g/mol. The predicted octanol–water partition coefficient (Wildman–Crippen LogP) is 5.72. The maximum atomic E-state index is 9.88. The maximum Gasteiger partial charge on any atom is 0.143 e. The Morgan fingerprint density at radius 1 is 1.00 bits per heavy atom. The first-order valence-corrected chi connectivity index (χ1v) is 8.61. The van der Waals surface area contributed by atoms with Crippen LogP contribution in [0.25, 0.3) is 0 Å². The molecule has 3 aromatic carbocycles. The summed E-state index contributed by atoms with van der Waals surface area (Å²) in [6.07, 6.45) is 1.45. The first kappa shape index (κ1) is 18.1. The van der Waals surface area contributed by atoms with E-state index in [0.717, 1.165) is 17.0 Å². The molecule has 3 rings (SSSR count). The Hall–Kier alpha value is -2.69. The third-order valence-electron chi connectivity index (χ3n) is 3.56. The molecule has 2 N–H and O–H groups in total. The first-order valence-electron chi connectivity index (χ1n) is 7.86. The smallest absolute Gasteiger partial charge is 0.143 e. The quantitative estimate of drug-likeness (QED) is 0.420. The van der Waals surface area contributed by atoms with E-state index in [1.165, 1.54) is 12.3 Å². The summed E-state index contributed by atoms with van der Waals surface area (Å²) in [5.41, 5.74) is 5.19. The van der Waals surface area contributed by atoms with Gasteiger partial charge in [0.15, 0.2) is 0 Å². The molecule has 26 heavy (non-hydrogen) atoms. The summed E-state index contributed by atoms with van der Waals surface area (Å²) < 4.78 is 5.73. The van der Waals surface area contributed by atoms with E-state index in [4.69, 9.17) is 27.9 Å². The number of halogens is 2. The van der Waals surface area contributed by atoms with E-state index >= 15 is 0 Å². The van der Waals surface area contributed by atoms with Crippen molar-refractivity contribution in [1.82, 2.24) is 0 Å². The molecule has 0 fully saturated rings. The van der Waals surface area contributed by atoms with Crippen molar-refractivity contribution in [3.05, 3.63) is 87.9 Å². The predicted molar refractivity (Wildman–Crippen MR) is 107 cm³/mol. The van der Waals surface area contributed by atoms with Gasteiger partial charge in [-0.3, -0.25) is 5.43 Å². The number of anilines is 1. The van der Waals surface area contributed by atoms with Crippen LogP contribution in [0.2, 0.25) is 10.0 Å². The van der Waals surface area contributed by atoms with Crippen LogP contribution in [0, 0.1) is 0 Å². The van der Waals surface area contributed by atoms with Crippen molar-refractivity contribution in [2.75, 3.05) is 5.43 Å². The molecular weight excluding hydrogens is 371 g/mol. The molecule has 0 atom stereocenters. The molecule has 0 amide bonds. The van der Waals surface area contributed by atoms with Crippen LogP contribution in [0.15, 0.2) is 71.8 Å². The first-order chi connectivity index (χ1) is 12.6. The van der Waals surface area contributed by atoms with Crippen LogP contribution in [0.4, 0.5) is 5.69 Å². The molecule has 0 aliphatic carbocycles. The number of hydrazone groups is 1.